The molecule has 4 nitrogen and oxygen atoms in total. The van der Waals surface area contributed by atoms with Gasteiger partial charge in [0, 0.05) is 32.1 Å². The van der Waals surface area contributed by atoms with Crippen LogP contribution in [0.1, 0.15) is 19.3 Å². The molecule has 2 N–H and O–H groups in total. The van der Waals surface area contributed by atoms with E-state index in [0.29, 0.717) is 12.3 Å². The van der Waals surface area contributed by atoms with Crippen molar-refractivity contribution in [2.45, 2.75) is 25.3 Å². The van der Waals surface area contributed by atoms with Gasteiger partial charge in [0.1, 0.15) is 0 Å². The highest BCUT2D eigenvalue weighted by Gasteiger charge is 2.29. The van der Waals surface area contributed by atoms with E-state index in [1.165, 1.54) is 19.4 Å². The molecule has 2 rings (SSSR count). The van der Waals surface area contributed by atoms with E-state index in [0.717, 1.165) is 19.6 Å². The first kappa shape index (κ1) is 10.9. The molecule has 2 saturated heterocycles. The highest BCUT2D eigenvalue weighted by Crippen LogP contribution is 2.19. The molecule has 0 aromatic rings. The lowest BCUT2D eigenvalue weighted by molar-refractivity contribution is -0.128. The Morgan fingerprint density at radius 2 is 2.27 bits per heavy atom. The number of nitrogens with zero attached hydrogens (tertiary/aromatic N) is 2. The van der Waals surface area contributed by atoms with Gasteiger partial charge in [-0.25, -0.2) is 0 Å². The Kier molecular flexibility index (Phi) is 3.26. The van der Waals surface area contributed by atoms with E-state index >= 15 is 0 Å². The number of rotatable bonds is 2. The van der Waals surface area contributed by atoms with Crippen LogP contribution in [0.15, 0.2) is 0 Å². The zero-order valence-electron chi connectivity index (χ0n) is 9.48. The van der Waals surface area contributed by atoms with Crippen molar-refractivity contribution in [1.82, 2.24) is 9.80 Å². The molecule has 86 valence electrons. The van der Waals surface area contributed by atoms with E-state index < -0.39 is 0 Å². The Bertz CT molecular complexity index is 244. The summed E-state index contributed by atoms with van der Waals surface area (Å²) >= 11 is 0. The van der Waals surface area contributed by atoms with E-state index in [-0.39, 0.29) is 11.9 Å². The molecule has 2 atom stereocenters. The van der Waals surface area contributed by atoms with Gasteiger partial charge in [-0.05, 0) is 32.4 Å². The molecular weight excluding hydrogens is 190 g/mol. The molecule has 0 aromatic carbocycles. The smallest absolute Gasteiger partial charge is 0.224 e. The SMILES string of the molecule is CN1CCCC(CN2CC(N)CC2=O)C1. The summed E-state index contributed by atoms with van der Waals surface area (Å²) in [5, 5.41) is 0. The first-order valence-corrected chi connectivity index (χ1v) is 5.87. The fourth-order valence-electron chi connectivity index (χ4n) is 2.71. The Labute approximate surface area is 91.4 Å². The summed E-state index contributed by atoms with van der Waals surface area (Å²) in [6.07, 6.45) is 3.06. The quantitative estimate of drug-likeness (QED) is 0.693. The van der Waals surface area contributed by atoms with E-state index in [1.807, 2.05) is 4.90 Å². The van der Waals surface area contributed by atoms with Gasteiger partial charge in [-0.2, -0.15) is 0 Å². The molecule has 0 saturated carbocycles. The van der Waals surface area contributed by atoms with E-state index in [9.17, 15) is 4.79 Å². The Morgan fingerprint density at radius 3 is 2.87 bits per heavy atom. The van der Waals surface area contributed by atoms with Gasteiger partial charge in [-0.3, -0.25) is 4.79 Å². The highest BCUT2D eigenvalue weighted by atomic mass is 16.2. The van der Waals surface area contributed by atoms with Crippen molar-refractivity contribution in [3.8, 4) is 0 Å². The minimum absolute atomic E-state index is 0.0684. The average molecular weight is 211 g/mol. The van der Waals surface area contributed by atoms with Crippen molar-refractivity contribution in [2.75, 3.05) is 33.2 Å². The molecule has 15 heavy (non-hydrogen) atoms. The predicted molar refractivity (Wildman–Crippen MR) is 59.4 cm³/mol. The summed E-state index contributed by atoms with van der Waals surface area (Å²) in [6.45, 7) is 4.00. The third-order valence-corrected chi connectivity index (χ3v) is 3.45. The van der Waals surface area contributed by atoms with Crippen LogP contribution in [0, 0.1) is 5.92 Å². The highest BCUT2D eigenvalue weighted by molar-refractivity contribution is 5.79. The van der Waals surface area contributed by atoms with Crippen molar-refractivity contribution >= 4 is 5.91 Å². The molecule has 0 aromatic heterocycles. The number of likely N-dealkylation sites (tertiary alicyclic amines) is 2. The monoisotopic (exact) mass is 211 g/mol. The Balaban J connectivity index is 1.83. The summed E-state index contributed by atoms with van der Waals surface area (Å²) in [6, 6.07) is 0.0684. The second kappa shape index (κ2) is 4.49. The molecule has 2 aliphatic heterocycles. The fourth-order valence-corrected chi connectivity index (χ4v) is 2.71. The topological polar surface area (TPSA) is 49.6 Å². The van der Waals surface area contributed by atoms with Crippen LogP contribution >= 0.6 is 0 Å². The molecule has 0 radical (unpaired) electrons. The minimum Gasteiger partial charge on any atom is -0.341 e. The van der Waals surface area contributed by atoms with E-state index in [1.54, 1.807) is 0 Å². The summed E-state index contributed by atoms with van der Waals surface area (Å²) in [5.41, 5.74) is 5.78. The van der Waals surface area contributed by atoms with E-state index in [2.05, 4.69) is 11.9 Å². The first-order valence-electron chi connectivity index (χ1n) is 5.87. The van der Waals surface area contributed by atoms with Crippen molar-refractivity contribution in [3.63, 3.8) is 0 Å². The molecule has 1 amide bonds. The zero-order valence-corrected chi connectivity index (χ0v) is 9.48. The average Bonchev–Trinajstić information content (AvgIpc) is 2.45. The first-order chi connectivity index (χ1) is 7.15. The molecule has 0 spiro atoms. The largest absolute Gasteiger partial charge is 0.341 e. The van der Waals surface area contributed by atoms with Crippen LogP contribution in [0.25, 0.3) is 0 Å². The van der Waals surface area contributed by atoms with Gasteiger partial charge in [-0.15, -0.1) is 0 Å². The Morgan fingerprint density at radius 1 is 1.47 bits per heavy atom. The normalized spacial score (nSPS) is 33.7. The molecule has 2 heterocycles. The second-order valence-electron chi connectivity index (χ2n) is 5.03. The number of nitrogens with two attached hydrogens (primary N) is 1. The zero-order chi connectivity index (χ0) is 10.8. The maximum absolute atomic E-state index is 11.6. The van der Waals surface area contributed by atoms with Gasteiger partial charge in [0.05, 0.1) is 0 Å². The van der Waals surface area contributed by atoms with Crippen LogP contribution in [0.5, 0.6) is 0 Å². The van der Waals surface area contributed by atoms with Crippen LogP contribution in [-0.4, -0.2) is 55.0 Å². The van der Waals surface area contributed by atoms with Gasteiger partial charge < -0.3 is 15.5 Å². The number of piperidine rings is 1. The number of carbonyl (C=O) groups excluding carboxylic acids is 1. The predicted octanol–water partition coefficient (Wildman–Crippen LogP) is -0.112. The minimum atomic E-state index is 0.0684. The van der Waals surface area contributed by atoms with Crippen LogP contribution < -0.4 is 5.73 Å². The number of amides is 1. The lowest BCUT2D eigenvalue weighted by Crippen LogP contribution is -2.40. The molecule has 0 aliphatic carbocycles. The maximum atomic E-state index is 11.6. The van der Waals surface area contributed by atoms with Gasteiger partial charge in [0.15, 0.2) is 0 Å². The van der Waals surface area contributed by atoms with Gasteiger partial charge in [0.2, 0.25) is 5.91 Å². The summed E-state index contributed by atoms with van der Waals surface area (Å²) < 4.78 is 0. The van der Waals surface area contributed by atoms with Crippen LogP contribution in [0.2, 0.25) is 0 Å². The summed E-state index contributed by atoms with van der Waals surface area (Å²) in [5.74, 6) is 0.897. The van der Waals surface area contributed by atoms with Gasteiger partial charge in [-0.1, -0.05) is 0 Å². The lowest BCUT2D eigenvalue weighted by Gasteiger charge is -2.32. The van der Waals surface area contributed by atoms with Crippen molar-refractivity contribution in [1.29, 1.82) is 0 Å². The molecular formula is C11H21N3O. The van der Waals surface area contributed by atoms with Crippen molar-refractivity contribution < 1.29 is 4.79 Å². The molecule has 2 unspecified atom stereocenters. The fraction of sp³-hybridized carbons (Fsp3) is 0.909. The number of hydrogen-bond donors (Lipinski definition) is 1. The van der Waals surface area contributed by atoms with Crippen LogP contribution in [-0.2, 0) is 4.79 Å². The number of hydrogen-bond acceptors (Lipinski definition) is 3. The second-order valence-corrected chi connectivity index (χ2v) is 5.03. The third-order valence-electron chi connectivity index (χ3n) is 3.45. The third kappa shape index (κ3) is 2.69. The van der Waals surface area contributed by atoms with Gasteiger partial charge in [0.25, 0.3) is 0 Å². The number of carbonyl (C=O) groups is 1. The lowest BCUT2D eigenvalue weighted by atomic mass is 9.98. The van der Waals surface area contributed by atoms with E-state index in [4.69, 9.17) is 5.73 Å². The summed E-state index contributed by atoms with van der Waals surface area (Å²) in [7, 11) is 2.16. The van der Waals surface area contributed by atoms with Gasteiger partial charge >= 0.3 is 0 Å². The molecule has 2 fully saturated rings. The standard InChI is InChI=1S/C11H21N3O/c1-13-4-2-3-9(6-13)7-14-8-10(12)5-11(14)15/h9-10H,2-8,12H2,1H3. The summed E-state index contributed by atoms with van der Waals surface area (Å²) in [4.78, 5) is 15.9. The molecule has 2 aliphatic rings. The van der Waals surface area contributed by atoms with Crippen molar-refractivity contribution in [2.24, 2.45) is 11.7 Å². The van der Waals surface area contributed by atoms with Crippen molar-refractivity contribution in [3.05, 3.63) is 0 Å². The maximum Gasteiger partial charge on any atom is 0.224 e. The molecule has 4 heteroatoms. The van der Waals surface area contributed by atoms with Crippen LogP contribution in [0.4, 0.5) is 0 Å². The Hall–Kier alpha value is -0.610. The molecule has 0 bridgehead atoms. The van der Waals surface area contributed by atoms with Crippen LogP contribution in [0.3, 0.4) is 0 Å².